The second-order valence-corrected chi connectivity index (χ2v) is 6.42. The van der Waals surface area contributed by atoms with E-state index in [4.69, 9.17) is 5.73 Å². The van der Waals surface area contributed by atoms with E-state index >= 15 is 0 Å². The van der Waals surface area contributed by atoms with Crippen molar-refractivity contribution in [3.63, 3.8) is 0 Å². The fourth-order valence-electron chi connectivity index (χ4n) is 4.10. The van der Waals surface area contributed by atoms with Crippen molar-refractivity contribution in [2.24, 2.45) is 29.4 Å². The number of hydrogen-bond donors (Lipinski definition) is 2. The molecule has 3 nitrogen and oxygen atoms in total. The Labute approximate surface area is 104 Å². The third kappa shape index (κ3) is 1.88. The van der Waals surface area contributed by atoms with Gasteiger partial charge in [0.05, 0.1) is 5.92 Å². The monoisotopic (exact) mass is 236 g/mol. The Kier molecular flexibility index (Phi) is 2.89. The lowest BCUT2D eigenvalue weighted by Crippen LogP contribution is -2.49. The summed E-state index contributed by atoms with van der Waals surface area (Å²) in [7, 11) is 0. The zero-order valence-electron chi connectivity index (χ0n) is 10.7. The van der Waals surface area contributed by atoms with Crippen molar-refractivity contribution < 1.29 is 4.79 Å². The van der Waals surface area contributed by atoms with Gasteiger partial charge in [-0.2, -0.15) is 0 Å². The maximum atomic E-state index is 12.3. The van der Waals surface area contributed by atoms with Crippen LogP contribution in [-0.4, -0.2) is 18.0 Å². The molecule has 0 aromatic heterocycles. The van der Waals surface area contributed by atoms with Crippen molar-refractivity contribution in [3.05, 3.63) is 0 Å². The molecule has 3 heteroatoms. The van der Waals surface area contributed by atoms with E-state index in [0.29, 0.717) is 23.8 Å². The summed E-state index contributed by atoms with van der Waals surface area (Å²) in [5.41, 5.74) is 6.20. The summed E-state index contributed by atoms with van der Waals surface area (Å²) in [4.78, 5) is 12.3. The normalized spacial score (nSPS) is 42.2. The van der Waals surface area contributed by atoms with E-state index in [1.807, 2.05) is 0 Å². The molecule has 2 bridgehead atoms. The van der Waals surface area contributed by atoms with Crippen LogP contribution in [0, 0.1) is 23.7 Å². The number of nitrogens with one attached hydrogen (secondary N) is 1. The fourth-order valence-corrected chi connectivity index (χ4v) is 4.10. The zero-order chi connectivity index (χ0) is 12.0. The first-order valence-corrected chi connectivity index (χ1v) is 7.22. The Bertz CT molecular complexity index is 311. The Balaban J connectivity index is 1.58. The molecule has 0 spiro atoms. The highest BCUT2D eigenvalue weighted by Crippen LogP contribution is 2.47. The van der Waals surface area contributed by atoms with Crippen LogP contribution < -0.4 is 11.1 Å². The van der Waals surface area contributed by atoms with Crippen molar-refractivity contribution in [2.45, 2.75) is 57.5 Å². The third-order valence-electron chi connectivity index (χ3n) is 5.51. The maximum Gasteiger partial charge on any atom is 0.225 e. The molecule has 0 aromatic rings. The van der Waals surface area contributed by atoms with E-state index < -0.39 is 0 Å². The Morgan fingerprint density at radius 3 is 2.47 bits per heavy atom. The van der Waals surface area contributed by atoms with Crippen LogP contribution in [0.5, 0.6) is 0 Å². The predicted octanol–water partition coefficient (Wildman–Crippen LogP) is 1.66. The fraction of sp³-hybridized carbons (Fsp3) is 0.929. The standard InChI is InChI=1S/C14H24N2O/c1-8(9-3-2-4-9)16-14(17)12-10-5-6-11(7-10)13(12)15/h8-13H,2-7,15H2,1H3,(H,16,17). The van der Waals surface area contributed by atoms with Crippen LogP contribution in [0.15, 0.2) is 0 Å². The summed E-state index contributed by atoms with van der Waals surface area (Å²) in [5.74, 6) is 2.26. The first-order valence-electron chi connectivity index (χ1n) is 7.22. The van der Waals surface area contributed by atoms with E-state index in [1.54, 1.807) is 0 Å². The number of fused-ring (bicyclic) bond motifs is 2. The minimum atomic E-state index is 0.108. The summed E-state index contributed by atoms with van der Waals surface area (Å²) in [5, 5.41) is 3.22. The summed E-state index contributed by atoms with van der Waals surface area (Å²) >= 11 is 0. The Morgan fingerprint density at radius 1 is 1.24 bits per heavy atom. The first-order chi connectivity index (χ1) is 8.16. The SMILES string of the molecule is CC(NC(=O)C1C2CCC(C2)C1N)C1CCC1. The number of rotatable bonds is 3. The molecule has 0 radical (unpaired) electrons. The van der Waals surface area contributed by atoms with Crippen molar-refractivity contribution in [1.82, 2.24) is 5.32 Å². The smallest absolute Gasteiger partial charge is 0.225 e. The molecule has 3 saturated carbocycles. The number of amides is 1. The van der Waals surface area contributed by atoms with Crippen LogP contribution in [0.3, 0.4) is 0 Å². The number of carbonyl (C=O) groups is 1. The molecule has 3 aliphatic rings. The van der Waals surface area contributed by atoms with Crippen molar-refractivity contribution >= 4 is 5.91 Å². The lowest BCUT2D eigenvalue weighted by molar-refractivity contribution is -0.128. The van der Waals surface area contributed by atoms with Crippen LogP contribution >= 0.6 is 0 Å². The lowest BCUT2D eigenvalue weighted by atomic mass is 9.79. The van der Waals surface area contributed by atoms with Crippen LogP contribution in [0.2, 0.25) is 0 Å². The van der Waals surface area contributed by atoms with E-state index in [-0.39, 0.29) is 17.9 Å². The summed E-state index contributed by atoms with van der Waals surface area (Å²) in [6, 6.07) is 0.477. The quantitative estimate of drug-likeness (QED) is 0.783. The maximum absolute atomic E-state index is 12.3. The number of nitrogens with two attached hydrogens (primary N) is 1. The van der Waals surface area contributed by atoms with Gasteiger partial charge in [0.15, 0.2) is 0 Å². The van der Waals surface area contributed by atoms with Gasteiger partial charge in [-0.1, -0.05) is 6.42 Å². The second-order valence-electron chi connectivity index (χ2n) is 6.42. The molecule has 17 heavy (non-hydrogen) atoms. The molecular weight excluding hydrogens is 212 g/mol. The van der Waals surface area contributed by atoms with Crippen LogP contribution in [-0.2, 0) is 4.79 Å². The van der Waals surface area contributed by atoms with E-state index in [9.17, 15) is 4.79 Å². The molecule has 0 saturated heterocycles. The van der Waals surface area contributed by atoms with Crippen molar-refractivity contribution in [1.29, 1.82) is 0 Å². The van der Waals surface area contributed by atoms with Gasteiger partial charge in [0, 0.05) is 12.1 Å². The largest absolute Gasteiger partial charge is 0.353 e. The highest BCUT2D eigenvalue weighted by Gasteiger charge is 2.49. The summed E-state index contributed by atoms with van der Waals surface area (Å²) in [6.07, 6.45) is 7.55. The molecule has 96 valence electrons. The van der Waals surface area contributed by atoms with Gasteiger partial charge in [-0.3, -0.25) is 4.79 Å². The highest BCUT2D eigenvalue weighted by atomic mass is 16.2. The minimum absolute atomic E-state index is 0.108. The van der Waals surface area contributed by atoms with Gasteiger partial charge >= 0.3 is 0 Å². The number of carbonyl (C=O) groups excluding carboxylic acids is 1. The molecule has 0 heterocycles. The average Bonchev–Trinajstić information content (AvgIpc) is 2.73. The topological polar surface area (TPSA) is 55.1 Å². The summed E-state index contributed by atoms with van der Waals surface area (Å²) in [6.45, 7) is 2.15. The molecule has 0 aliphatic heterocycles. The van der Waals surface area contributed by atoms with Crippen molar-refractivity contribution in [3.8, 4) is 0 Å². The molecule has 3 fully saturated rings. The molecule has 0 aromatic carbocycles. The van der Waals surface area contributed by atoms with Crippen molar-refractivity contribution in [2.75, 3.05) is 0 Å². The van der Waals surface area contributed by atoms with Gasteiger partial charge in [0.2, 0.25) is 5.91 Å². The van der Waals surface area contributed by atoms with Crippen LogP contribution in [0.1, 0.15) is 45.4 Å². The average molecular weight is 236 g/mol. The minimum Gasteiger partial charge on any atom is -0.353 e. The van der Waals surface area contributed by atoms with Crippen LogP contribution in [0.4, 0.5) is 0 Å². The van der Waals surface area contributed by atoms with E-state index in [1.165, 1.54) is 38.5 Å². The van der Waals surface area contributed by atoms with Gasteiger partial charge in [-0.05, 0) is 56.8 Å². The summed E-state index contributed by atoms with van der Waals surface area (Å²) < 4.78 is 0. The molecule has 3 N–H and O–H groups in total. The molecule has 3 rings (SSSR count). The highest BCUT2D eigenvalue weighted by molar-refractivity contribution is 5.80. The van der Waals surface area contributed by atoms with Gasteiger partial charge in [-0.25, -0.2) is 0 Å². The molecule has 3 aliphatic carbocycles. The molecule has 5 atom stereocenters. The van der Waals surface area contributed by atoms with Gasteiger partial charge < -0.3 is 11.1 Å². The van der Waals surface area contributed by atoms with Gasteiger partial charge in [0.25, 0.3) is 0 Å². The zero-order valence-corrected chi connectivity index (χ0v) is 10.7. The number of hydrogen-bond acceptors (Lipinski definition) is 2. The predicted molar refractivity (Wildman–Crippen MR) is 67.2 cm³/mol. The van der Waals surface area contributed by atoms with Crippen LogP contribution in [0.25, 0.3) is 0 Å². The van der Waals surface area contributed by atoms with E-state index in [2.05, 4.69) is 12.2 Å². The second kappa shape index (κ2) is 4.27. The Hall–Kier alpha value is -0.570. The van der Waals surface area contributed by atoms with Gasteiger partial charge in [0.1, 0.15) is 0 Å². The van der Waals surface area contributed by atoms with E-state index in [0.717, 1.165) is 0 Å². The lowest BCUT2D eigenvalue weighted by Gasteiger charge is -2.34. The first kappa shape index (κ1) is 11.5. The Morgan fingerprint density at radius 2 is 1.94 bits per heavy atom. The van der Waals surface area contributed by atoms with Gasteiger partial charge in [-0.15, -0.1) is 0 Å². The molecule has 1 amide bonds. The molecular formula is C14H24N2O. The molecule has 5 unspecified atom stereocenters. The third-order valence-corrected chi connectivity index (χ3v) is 5.51.